The van der Waals surface area contributed by atoms with Gasteiger partial charge in [0.15, 0.2) is 0 Å². The molecule has 0 aliphatic carbocycles. The van der Waals surface area contributed by atoms with E-state index in [0.717, 1.165) is 11.1 Å². The second kappa shape index (κ2) is 10.9. The minimum atomic E-state index is -0.706. The van der Waals surface area contributed by atoms with Crippen LogP contribution in [0.25, 0.3) is 16.9 Å². The van der Waals surface area contributed by atoms with Gasteiger partial charge >= 0.3 is 11.8 Å². The molecule has 0 radical (unpaired) electrons. The van der Waals surface area contributed by atoms with Gasteiger partial charge in [0.2, 0.25) is 0 Å². The zero-order chi connectivity index (χ0) is 29.3. The first-order valence-corrected chi connectivity index (χ1v) is 13.3. The zero-order valence-electron chi connectivity index (χ0n) is 23.4. The maximum atomic E-state index is 13.9. The van der Waals surface area contributed by atoms with E-state index in [1.807, 2.05) is 37.3 Å². The number of phenolic OH excluding ortho intramolecular Hbond substituents is 1. The molecule has 0 fully saturated rings. The average Bonchev–Trinajstić information content (AvgIpc) is 3.22. The normalized spacial score (nSPS) is 14.8. The first-order chi connectivity index (χ1) is 19.5. The minimum Gasteiger partial charge on any atom is -0.508 e. The minimum absolute atomic E-state index is 0.00927. The molecule has 0 bridgehead atoms. The third kappa shape index (κ3) is 5.69. The number of hydrogen-bond acceptors (Lipinski definition) is 7. The molecule has 0 saturated heterocycles. The molecule has 1 aliphatic heterocycles. The van der Waals surface area contributed by atoms with Gasteiger partial charge in [-0.15, -0.1) is 0 Å². The van der Waals surface area contributed by atoms with Crippen molar-refractivity contribution in [3.63, 3.8) is 0 Å². The number of phenols is 1. The molecule has 2 amide bonds. The lowest BCUT2D eigenvalue weighted by molar-refractivity contribution is 0.00951. The number of nitrogens with zero attached hydrogens (tertiary/aromatic N) is 5. The number of amides is 2. The van der Waals surface area contributed by atoms with Gasteiger partial charge in [0.1, 0.15) is 17.0 Å². The number of hydrogen-bond donors (Lipinski definition) is 2. The first-order valence-electron chi connectivity index (χ1n) is 13.3. The van der Waals surface area contributed by atoms with Crippen molar-refractivity contribution in [3.05, 3.63) is 94.3 Å². The summed E-state index contributed by atoms with van der Waals surface area (Å²) in [5.41, 5.74) is 2.11. The first kappa shape index (κ1) is 27.6. The van der Waals surface area contributed by atoms with Crippen molar-refractivity contribution >= 4 is 12.0 Å². The summed E-state index contributed by atoms with van der Waals surface area (Å²) in [7, 11) is 0. The van der Waals surface area contributed by atoms with E-state index in [-0.39, 0.29) is 37.1 Å². The molecule has 4 aromatic rings. The highest BCUT2D eigenvalue weighted by molar-refractivity contribution is 5.94. The van der Waals surface area contributed by atoms with E-state index >= 15 is 0 Å². The molecule has 5 rings (SSSR count). The number of ether oxygens (including phenoxy) is 1. The van der Waals surface area contributed by atoms with Gasteiger partial charge in [-0.25, -0.2) is 9.59 Å². The number of nitrogens with one attached hydrogen (secondary N) is 1. The maximum Gasteiger partial charge on any atom is 0.410 e. The highest BCUT2D eigenvalue weighted by Crippen LogP contribution is 2.26. The summed E-state index contributed by atoms with van der Waals surface area (Å²) in [6.07, 6.45) is 1.07. The lowest BCUT2D eigenvalue weighted by Crippen LogP contribution is -2.48. The van der Waals surface area contributed by atoms with Crippen molar-refractivity contribution in [2.75, 3.05) is 0 Å². The van der Waals surface area contributed by atoms with Gasteiger partial charge in [-0.1, -0.05) is 24.3 Å². The molecule has 0 spiro atoms. The molecule has 2 aromatic carbocycles. The Morgan fingerprint density at radius 3 is 2.49 bits per heavy atom. The smallest absolute Gasteiger partial charge is 0.410 e. The molecule has 2 N–H and O–H groups in total. The van der Waals surface area contributed by atoms with Gasteiger partial charge in [-0.05, 0) is 69.7 Å². The Morgan fingerprint density at radius 1 is 1.07 bits per heavy atom. The average molecular weight is 557 g/mol. The van der Waals surface area contributed by atoms with Crippen LogP contribution in [-0.2, 0) is 24.4 Å². The zero-order valence-corrected chi connectivity index (χ0v) is 23.4. The van der Waals surface area contributed by atoms with Crippen molar-refractivity contribution in [3.8, 4) is 22.7 Å². The predicted molar refractivity (Wildman–Crippen MR) is 152 cm³/mol. The van der Waals surface area contributed by atoms with E-state index in [0.29, 0.717) is 17.1 Å². The summed E-state index contributed by atoms with van der Waals surface area (Å²) in [4.78, 5) is 42.2. The number of imidazole rings is 1. The quantitative estimate of drug-likeness (QED) is 0.381. The van der Waals surface area contributed by atoms with Crippen LogP contribution in [0, 0.1) is 0 Å². The SMILES string of the molecule is CC1Cn2c(c(C(=O)NCc3ccccc3-c3cccnn3)n(-c3ccc(O)cc3)c2=O)CN1C(=O)OC(C)(C)C. The van der Waals surface area contributed by atoms with Crippen LogP contribution in [0.4, 0.5) is 4.79 Å². The Labute approximate surface area is 237 Å². The molecule has 212 valence electrons. The molecule has 1 atom stereocenters. The second-order valence-electron chi connectivity index (χ2n) is 10.9. The molecule has 41 heavy (non-hydrogen) atoms. The Kier molecular flexibility index (Phi) is 7.36. The molecular formula is C30H32N6O5. The Morgan fingerprint density at radius 2 is 1.80 bits per heavy atom. The fourth-order valence-electron chi connectivity index (χ4n) is 4.88. The fraction of sp³-hybridized carbons (Fsp3) is 0.300. The summed E-state index contributed by atoms with van der Waals surface area (Å²) in [5, 5.41) is 20.9. The highest BCUT2D eigenvalue weighted by Gasteiger charge is 2.36. The van der Waals surface area contributed by atoms with E-state index in [2.05, 4.69) is 15.5 Å². The van der Waals surface area contributed by atoms with E-state index < -0.39 is 23.3 Å². The van der Waals surface area contributed by atoms with Crippen molar-refractivity contribution in [2.24, 2.45) is 0 Å². The van der Waals surface area contributed by atoms with Gasteiger partial charge in [0.25, 0.3) is 5.91 Å². The van der Waals surface area contributed by atoms with Gasteiger partial charge in [-0.3, -0.25) is 18.8 Å². The van der Waals surface area contributed by atoms with Crippen LogP contribution in [-0.4, -0.2) is 53.0 Å². The van der Waals surface area contributed by atoms with Crippen LogP contribution in [0.3, 0.4) is 0 Å². The second-order valence-corrected chi connectivity index (χ2v) is 10.9. The summed E-state index contributed by atoms with van der Waals surface area (Å²) in [6, 6.07) is 16.9. The summed E-state index contributed by atoms with van der Waals surface area (Å²) >= 11 is 0. The van der Waals surface area contributed by atoms with Crippen molar-refractivity contribution in [1.82, 2.24) is 29.5 Å². The highest BCUT2D eigenvalue weighted by atomic mass is 16.6. The molecule has 2 aromatic heterocycles. The lowest BCUT2D eigenvalue weighted by Gasteiger charge is -2.35. The predicted octanol–water partition coefficient (Wildman–Crippen LogP) is 3.87. The van der Waals surface area contributed by atoms with Gasteiger partial charge < -0.3 is 15.2 Å². The topological polar surface area (TPSA) is 132 Å². The Hall–Kier alpha value is -4.93. The molecule has 0 saturated carbocycles. The summed E-state index contributed by atoms with van der Waals surface area (Å²) in [5.74, 6) is -0.460. The molecule has 1 unspecified atom stereocenters. The standard InChI is InChI=1S/C30H32N6O5/c1-19-17-35-25(18-34(19)29(40)41-30(2,3)4)26(36(28(35)39)21-11-13-22(37)14-12-21)27(38)31-16-20-8-5-6-9-23(20)24-10-7-15-32-33-24/h5-15,19,37H,16-18H2,1-4H3,(H,31,38). The molecular weight excluding hydrogens is 524 g/mol. The molecule has 11 heteroatoms. The van der Waals surface area contributed by atoms with Crippen molar-refractivity contribution in [1.29, 1.82) is 0 Å². The number of carbonyl (C=O) groups is 2. The van der Waals surface area contributed by atoms with Gasteiger partial charge in [0, 0.05) is 24.8 Å². The van der Waals surface area contributed by atoms with Crippen molar-refractivity contribution < 1.29 is 19.4 Å². The third-order valence-electron chi connectivity index (χ3n) is 6.80. The number of carbonyl (C=O) groups excluding carboxylic acids is 2. The lowest BCUT2D eigenvalue weighted by atomic mass is 10.0. The van der Waals surface area contributed by atoms with Crippen LogP contribution < -0.4 is 11.0 Å². The number of rotatable bonds is 5. The van der Waals surface area contributed by atoms with Crippen LogP contribution >= 0.6 is 0 Å². The van der Waals surface area contributed by atoms with Gasteiger partial charge in [-0.2, -0.15) is 10.2 Å². The van der Waals surface area contributed by atoms with E-state index in [9.17, 15) is 19.5 Å². The maximum absolute atomic E-state index is 13.9. The van der Waals surface area contributed by atoms with Crippen LogP contribution in [0.2, 0.25) is 0 Å². The molecule has 11 nitrogen and oxygen atoms in total. The Balaban J connectivity index is 1.53. The number of aromatic hydroxyl groups is 1. The monoisotopic (exact) mass is 556 g/mol. The molecule has 3 heterocycles. The largest absolute Gasteiger partial charge is 0.508 e. The van der Waals surface area contributed by atoms with E-state index in [4.69, 9.17) is 4.74 Å². The van der Waals surface area contributed by atoms with Gasteiger partial charge in [0.05, 0.1) is 29.7 Å². The Bertz CT molecular complexity index is 1640. The van der Waals surface area contributed by atoms with Crippen molar-refractivity contribution in [2.45, 2.75) is 59.0 Å². The molecule has 1 aliphatic rings. The van der Waals surface area contributed by atoms with Crippen LogP contribution in [0.1, 0.15) is 49.4 Å². The number of benzene rings is 2. The third-order valence-corrected chi connectivity index (χ3v) is 6.80. The fourth-order valence-corrected chi connectivity index (χ4v) is 4.88. The van der Waals surface area contributed by atoms with E-state index in [1.54, 1.807) is 45.2 Å². The summed E-state index contributed by atoms with van der Waals surface area (Å²) in [6.45, 7) is 7.55. The number of fused-ring (bicyclic) bond motifs is 1. The van der Waals surface area contributed by atoms with E-state index in [1.165, 1.54) is 26.2 Å². The number of aromatic nitrogens is 4. The van der Waals surface area contributed by atoms with Crippen LogP contribution in [0.15, 0.2) is 71.7 Å². The summed E-state index contributed by atoms with van der Waals surface area (Å²) < 4.78 is 8.46. The van der Waals surface area contributed by atoms with Crippen LogP contribution in [0.5, 0.6) is 5.75 Å².